The minimum Gasteiger partial charge on any atom is -0.497 e. The number of anilines is 1. The molecule has 0 spiro atoms. The molecule has 3 aromatic carbocycles. The van der Waals surface area contributed by atoms with E-state index in [1.807, 2.05) is 13.0 Å². The Morgan fingerprint density at radius 3 is 2.40 bits per heavy atom. The molecule has 0 aromatic heterocycles. The quantitative estimate of drug-likeness (QED) is 0.480. The molecular weight excluding hydrogens is 464 g/mol. The van der Waals surface area contributed by atoms with Gasteiger partial charge in [-0.15, -0.1) is 0 Å². The number of nitrogens with zero attached hydrogens (tertiary/aromatic N) is 1. The lowest BCUT2D eigenvalue weighted by atomic mass is 10.0. The Bertz CT molecular complexity index is 1310. The van der Waals surface area contributed by atoms with Crippen LogP contribution in [0.3, 0.4) is 0 Å². The molecule has 0 radical (unpaired) electrons. The van der Waals surface area contributed by atoms with Gasteiger partial charge < -0.3 is 14.8 Å². The molecule has 1 aliphatic carbocycles. The molecule has 35 heavy (non-hydrogen) atoms. The monoisotopic (exact) mass is 494 g/mol. The SMILES string of the molecule is COc1ccc(S(=O)(=O)N(CC(=O)NC(C)c2ccc3c(c2)CCC3)c2ccccc2OC)cc1. The summed E-state index contributed by atoms with van der Waals surface area (Å²) in [5, 5.41) is 2.96. The third kappa shape index (κ3) is 5.27. The average Bonchev–Trinajstić information content (AvgIpc) is 3.35. The molecule has 1 N–H and O–H groups in total. The molecule has 7 nitrogen and oxygen atoms in total. The van der Waals surface area contributed by atoms with Gasteiger partial charge in [0.15, 0.2) is 0 Å². The molecule has 0 saturated heterocycles. The van der Waals surface area contributed by atoms with Crippen LogP contribution in [0.4, 0.5) is 5.69 Å². The Hall–Kier alpha value is -3.52. The largest absolute Gasteiger partial charge is 0.497 e. The standard InChI is InChI=1S/C27H30N2O5S/c1-19(21-12-11-20-7-6-8-22(20)17-21)28-27(30)18-29(25-9-4-5-10-26(25)34-3)35(31,32)24-15-13-23(33-2)14-16-24/h4-5,9-17,19H,6-8,18H2,1-3H3,(H,28,30). The van der Waals surface area contributed by atoms with Gasteiger partial charge in [0.1, 0.15) is 18.0 Å². The third-order valence-corrected chi connectivity index (χ3v) is 8.06. The summed E-state index contributed by atoms with van der Waals surface area (Å²) in [7, 11) is -1.10. The van der Waals surface area contributed by atoms with Crippen molar-refractivity contribution in [1.82, 2.24) is 5.32 Å². The predicted molar refractivity (Wildman–Crippen MR) is 136 cm³/mol. The maximum absolute atomic E-state index is 13.7. The summed E-state index contributed by atoms with van der Waals surface area (Å²) in [6, 6.07) is 18.8. The third-order valence-electron chi connectivity index (χ3n) is 6.29. The summed E-state index contributed by atoms with van der Waals surface area (Å²) in [5.41, 5.74) is 3.97. The number of carbonyl (C=O) groups excluding carboxylic acids is 1. The lowest BCUT2D eigenvalue weighted by Crippen LogP contribution is -2.41. The fraction of sp³-hybridized carbons (Fsp3) is 0.296. The number of nitrogens with one attached hydrogen (secondary N) is 1. The smallest absolute Gasteiger partial charge is 0.264 e. The van der Waals surface area contributed by atoms with Crippen LogP contribution in [-0.2, 0) is 27.7 Å². The summed E-state index contributed by atoms with van der Waals surface area (Å²) in [6.07, 6.45) is 3.29. The van der Waals surface area contributed by atoms with Gasteiger partial charge in [-0.1, -0.05) is 30.3 Å². The number of hydrogen-bond donors (Lipinski definition) is 1. The number of fused-ring (bicyclic) bond motifs is 1. The zero-order valence-corrected chi connectivity index (χ0v) is 21.0. The lowest BCUT2D eigenvalue weighted by molar-refractivity contribution is -0.120. The predicted octanol–water partition coefficient (Wildman–Crippen LogP) is 4.27. The molecule has 0 saturated carbocycles. The van der Waals surface area contributed by atoms with Crippen molar-refractivity contribution in [2.24, 2.45) is 0 Å². The van der Waals surface area contributed by atoms with Crippen LogP contribution < -0.4 is 19.1 Å². The maximum atomic E-state index is 13.7. The number of hydrogen-bond acceptors (Lipinski definition) is 5. The molecule has 1 unspecified atom stereocenters. The van der Waals surface area contributed by atoms with Crippen molar-refractivity contribution in [1.29, 1.82) is 0 Å². The molecular formula is C27H30N2O5S. The van der Waals surface area contributed by atoms with Crippen molar-refractivity contribution in [3.8, 4) is 11.5 Å². The number of benzene rings is 3. The van der Waals surface area contributed by atoms with Crippen LogP contribution >= 0.6 is 0 Å². The van der Waals surface area contributed by atoms with Crippen LogP contribution in [-0.4, -0.2) is 35.1 Å². The second-order valence-corrected chi connectivity index (χ2v) is 10.4. The van der Waals surface area contributed by atoms with Gasteiger partial charge in [-0.25, -0.2) is 8.42 Å². The first kappa shape index (κ1) is 24.6. The van der Waals surface area contributed by atoms with Crippen LogP contribution in [0.2, 0.25) is 0 Å². The van der Waals surface area contributed by atoms with Crippen molar-refractivity contribution in [2.45, 2.75) is 37.1 Å². The van der Waals surface area contributed by atoms with Gasteiger partial charge in [-0.3, -0.25) is 9.10 Å². The summed E-state index contributed by atoms with van der Waals surface area (Å²) >= 11 is 0. The first-order valence-corrected chi connectivity index (χ1v) is 13.0. The van der Waals surface area contributed by atoms with Crippen molar-refractivity contribution in [3.63, 3.8) is 0 Å². The fourth-order valence-corrected chi connectivity index (χ4v) is 5.80. The summed E-state index contributed by atoms with van der Waals surface area (Å²) in [6.45, 7) is 1.50. The number of para-hydroxylation sites is 2. The van der Waals surface area contributed by atoms with Crippen LogP contribution in [0.5, 0.6) is 11.5 Å². The minimum atomic E-state index is -4.08. The summed E-state index contributed by atoms with van der Waals surface area (Å²) in [4.78, 5) is 13.2. The van der Waals surface area contributed by atoms with E-state index in [2.05, 4.69) is 17.4 Å². The normalized spacial score (nSPS) is 13.6. The van der Waals surface area contributed by atoms with E-state index in [-0.39, 0.29) is 16.6 Å². The fourth-order valence-electron chi connectivity index (χ4n) is 4.37. The number of sulfonamides is 1. The lowest BCUT2D eigenvalue weighted by Gasteiger charge is -2.26. The zero-order valence-electron chi connectivity index (χ0n) is 20.2. The van der Waals surface area contributed by atoms with Crippen molar-refractivity contribution in [2.75, 3.05) is 25.1 Å². The molecule has 1 amide bonds. The first-order valence-electron chi connectivity index (χ1n) is 11.5. The molecule has 1 aliphatic rings. The number of carbonyl (C=O) groups is 1. The zero-order chi connectivity index (χ0) is 25.0. The van der Waals surface area contributed by atoms with Gasteiger partial charge in [0, 0.05) is 0 Å². The average molecular weight is 495 g/mol. The van der Waals surface area contributed by atoms with E-state index >= 15 is 0 Å². The minimum absolute atomic E-state index is 0.0451. The topological polar surface area (TPSA) is 84.9 Å². The van der Waals surface area contributed by atoms with E-state index in [1.54, 1.807) is 36.4 Å². The van der Waals surface area contributed by atoms with E-state index in [0.29, 0.717) is 11.5 Å². The Labute approximate surface area is 206 Å². The number of methoxy groups -OCH3 is 2. The van der Waals surface area contributed by atoms with Gasteiger partial charge in [0.05, 0.1) is 30.8 Å². The Kier molecular flexibility index (Phi) is 7.31. The molecule has 0 heterocycles. The van der Waals surface area contributed by atoms with Gasteiger partial charge in [0.2, 0.25) is 5.91 Å². The van der Waals surface area contributed by atoms with E-state index in [9.17, 15) is 13.2 Å². The highest BCUT2D eigenvalue weighted by Gasteiger charge is 2.30. The Morgan fingerprint density at radius 2 is 1.69 bits per heavy atom. The van der Waals surface area contributed by atoms with Gasteiger partial charge in [-0.05, 0) is 79.3 Å². The van der Waals surface area contributed by atoms with Crippen LogP contribution in [0, 0.1) is 0 Å². The van der Waals surface area contributed by atoms with Gasteiger partial charge >= 0.3 is 0 Å². The second kappa shape index (κ2) is 10.4. The van der Waals surface area contributed by atoms with E-state index in [1.165, 1.54) is 37.5 Å². The molecule has 3 aromatic rings. The number of ether oxygens (including phenoxy) is 2. The van der Waals surface area contributed by atoms with Crippen molar-refractivity contribution >= 4 is 21.6 Å². The number of amides is 1. The molecule has 4 rings (SSSR count). The van der Waals surface area contributed by atoms with Crippen molar-refractivity contribution < 1.29 is 22.7 Å². The second-order valence-electron chi connectivity index (χ2n) is 8.53. The van der Waals surface area contributed by atoms with Crippen molar-refractivity contribution in [3.05, 3.63) is 83.4 Å². The van der Waals surface area contributed by atoms with Gasteiger partial charge in [0.25, 0.3) is 10.0 Å². The first-order chi connectivity index (χ1) is 16.8. The van der Waals surface area contributed by atoms with Crippen LogP contribution in [0.25, 0.3) is 0 Å². The number of aryl methyl sites for hydroxylation is 2. The van der Waals surface area contributed by atoms with E-state index in [4.69, 9.17) is 9.47 Å². The maximum Gasteiger partial charge on any atom is 0.264 e. The van der Waals surface area contributed by atoms with E-state index < -0.39 is 22.5 Å². The number of rotatable bonds is 9. The Morgan fingerprint density at radius 1 is 0.971 bits per heavy atom. The molecule has 184 valence electrons. The van der Waals surface area contributed by atoms with Crippen LogP contribution in [0.1, 0.15) is 36.1 Å². The molecule has 8 heteroatoms. The summed E-state index contributed by atoms with van der Waals surface area (Å²) < 4.78 is 39.0. The van der Waals surface area contributed by atoms with Crippen LogP contribution in [0.15, 0.2) is 71.6 Å². The molecule has 0 fully saturated rings. The highest BCUT2D eigenvalue weighted by atomic mass is 32.2. The van der Waals surface area contributed by atoms with E-state index in [0.717, 1.165) is 29.1 Å². The Balaban J connectivity index is 1.61. The highest BCUT2D eigenvalue weighted by Crippen LogP contribution is 2.33. The molecule has 1 atom stereocenters. The molecule has 0 bridgehead atoms. The highest BCUT2D eigenvalue weighted by molar-refractivity contribution is 7.92. The summed E-state index contributed by atoms with van der Waals surface area (Å²) in [5.74, 6) is 0.471. The van der Waals surface area contributed by atoms with Gasteiger partial charge in [-0.2, -0.15) is 0 Å². The molecule has 0 aliphatic heterocycles.